The highest BCUT2D eigenvalue weighted by Crippen LogP contribution is 2.22. The summed E-state index contributed by atoms with van der Waals surface area (Å²) in [5.41, 5.74) is 0.0177. The van der Waals surface area contributed by atoms with Gasteiger partial charge in [0.05, 0.1) is 10.6 Å². The smallest absolute Gasteiger partial charge is 0.328 e. The molecule has 0 atom stereocenters. The number of halogens is 2. The molecule has 1 N–H and O–H groups in total. The zero-order valence-corrected chi connectivity index (χ0v) is 14.5. The number of esters is 1. The number of benzene rings is 1. The van der Waals surface area contributed by atoms with E-state index in [1.807, 2.05) is 0 Å². The highest BCUT2D eigenvalue weighted by Gasteiger charge is 2.23. The summed E-state index contributed by atoms with van der Waals surface area (Å²) in [6.07, 6.45) is 0. The number of anilines is 1. The van der Waals surface area contributed by atoms with Crippen molar-refractivity contribution >= 4 is 34.9 Å². The predicted molar refractivity (Wildman–Crippen MR) is 89.4 cm³/mol. The van der Waals surface area contributed by atoms with Crippen molar-refractivity contribution in [2.75, 3.05) is 11.9 Å². The molecule has 0 saturated carbocycles. The van der Waals surface area contributed by atoms with Gasteiger partial charge in [-0.1, -0.05) is 11.6 Å². The van der Waals surface area contributed by atoms with Crippen molar-refractivity contribution in [3.05, 3.63) is 50.5 Å². The van der Waals surface area contributed by atoms with Crippen molar-refractivity contribution in [1.82, 2.24) is 9.78 Å². The average Bonchev–Trinajstić information content (AvgIpc) is 2.83. The van der Waals surface area contributed by atoms with E-state index in [0.29, 0.717) is 0 Å². The van der Waals surface area contributed by atoms with Crippen molar-refractivity contribution in [1.29, 1.82) is 0 Å². The van der Waals surface area contributed by atoms with Crippen LogP contribution in [0, 0.1) is 29.8 Å². The molecule has 0 aliphatic rings. The number of aryl methyl sites for hydroxylation is 1. The Balaban J connectivity index is 1.93. The highest BCUT2D eigenvalue weighted by atomic mass is 35.5. The van der Waals surface area contributed by atoms with E-state index in [2.05, 4.69) is 10.4 Å². The van der Waals surface area contributed by atoms with Crippen LogP contribution in [-0.4, -0.2) is 33.2 Å². The summed E-state index contributed by atoms with van der Waals surface area (Å²) >= 11 is 5.71. The summed E-state index contributed by atoms with van der Waals surface area (Å²) in [4.78, 5) is 33.9. The largest absolute Gasteiger partial charge is 0.454 e. The van der Waals surface area contributed by atoms with Crippen molar-refractivity contribution in [3.8, 4) is 0 Å². The van der Waals surface area contributed by atoms with Gasteiger partial charge in [-0.25, -0.2) is 4.39 Å². The molecular weight excluding hydrogens is 371 g/mol. The minimum atomic E-state index is -0.827. The summed E-state index contributed by atoms with van der Waals surface area (Å²) in [7, 11) is 0. The fourth-order valence-corrected chi connectivity index (χ4v) is 2.37. The number of aromatic nitrogens is 2. The Kier molecular flexibility index (Phi) is 5.88. The van der Waals surface area contributed by atoms with Crippen molar-refractivity contribution in [3.63, 3.8) is 0 Å². The van der Waals surface area contributed by atoms with Crippen LogP contribution in [0.1, 0.15) is 11.4 Å². The Hall–Kier alpha value is -3.01. The van der Waals surface area contributed by atoms with Gasteiger partial charge in [-0.15, -0.1) is 0 Å². The summed E-state index contributed by atoms with van der Waals surface area (Å²) in [5.74, 6) is -2.28. The lowest BCUT2D eigenvalue weighted by Gasteiger charge is -2.08. The first-order chi connectivity index (χ1) is 12.2. The first-order valence-electron chi connectivity index (χ1n) is 7.28. The first-order valence-corrected chi connectivity index (χ1v) is 7.65. The Morgan fingerprint density at radius 2 is 2.12 bits per heavy atom. The summed E-state index contributed by atoms with van der Waals surface area (Å²) in [6.45, 7) is 1.82. The van der Waals surface area contributed by atoms with Crippen LogP contribution in [0.4, 0.5) is 15.8 Å². The van der Waals surface area contributed by atoms with Gasteiger partial charge in [0.15, 0.2) is 6.61 Å². The first kappa shape index (κ1) is 19.3. The molecule has 2 aromatic rings. The number of amides is 1. The molecule has 138 valence electrons. The molecule has 2 rings (SSSR count). The average molecular weight is 385 g/mol. The maximum absolute atomic E-state index is 13.5. The zero-order valence-electron chi connectivity index (χ0n) is 13.8. The normalized spacial score (nSPS) is 10.5. The second kappa shape index (κ2) is 7.91. The summed E-state index contributed by atoms with van der Waals surface area (Å²) < 4.78 is 19.4. The van der Waals surface area contributed by atoms with Crippen LogP contribution in [0.5, 0.6) is 0 Å². The second-order valence-corrected chi connectivity index (χ2v) is 5.70. The minimum Gasteiger partial charge on any atom is -0.454 e. The molecule has 0 unspecified atom stereocenters. The number of nitro groups is 1. The molecule has 0 spiro atoms. The maximum Gasteiger partial charge on any atom is 0.328 e. The van der Waals surface area contributed by atoms with Crippen molar-refractivity contribution < 1.29 is 23.6 Å². The molecule has 0 saturated heterocycles. The number of carbonyl (C=O) groups excluding carboxylic acids is 2. The Morgan fingerprint density at radius 3 is 2.73 bits per heavy atom. The van der Waals surface area contributed by atoms with Gasteiger partial charge in [-0.05, 0) is 32.0 Å². The fourth-order valence-electron chi connectivity index (χ4n) is 2.20. The standard InChI is InChI=1S/C15H14ClFN4O5/c1-8-15(21(24)25)9(2)20(19-8)6-14(23)26-7-13(22)18-12-5-10(16)3-4-11(12)17/h3-5H,6-7H2,1-2H3,(H,18,22). The van der Waals surface area contributed by atoms with E-state index < -0.39 is 35.8 Å². The number of hydrogen-bond acceptors (Lipinski definition) is 6. The van der Waals surface area contributed by atoms with Crippen LogP contribution in [-0.2, 0) is 20.9 Å². The Bertz CT molecular complexity index is 883. The zero-order chi connectivity index (χ0) is 19.4. The molecule has 1 aromatic carbocycles. The highest BCUT2D eigenvalue weighted by molar-refractivity contribution is 6.30. The molecule has 0 aliphatic heterocycles. The van der Waals surface area contributed by atoms with Gasteiger partial charge >= 0.3 is 11.7 Å². The van der Waals surface area contributed by atoms with Crippen LogP contribution < -0.4 is 5.32 Å². The van der Waals surface area contributed by atoms with E-state index in [0.717, 1.165) is 10.7 Å². The topological polar surface area (TPSA) is 116 Å². The van der Waals surface area contributed by atoms with Crippen LogP contribution >= 0.6 is 11.6 Å². The lowest BCUT2D eigenvalue weighted by molar-refractivity contribution is -0.386. The van der Waals surface area contributed by atoms with E-state index in [4.69, 9.17) is 16.3 Å². The predicted octanol–water partition coefficient (Wildman–Crippen LogP) is 2.38. The van der Waals surface area contributed by atoms with Crippen LogP contribution in [0.3, 0.4) is 0 Å². The van der Waals surface area contributed by atoms with Gasteiger partial charge in [-0.2, -0.15) is 5.10 Å². The van der Waals surface area contributed by atoms with E-state index in [1.165, 1.54) is 26.0 Å². The number of rotatable bonds is 6. The number of nitrogens with zero attached hydrogens (tertiary/aromatic N) is 3. The summed E-state index contributed by atoms with van der Waals surface area (Å²) in [5, 5.41) is 17.3. The molecule has 0 aliphatic carbocycles. The number of hydrogen-bond donors (Lipinski definition) is 1. The third-order valence-corrected chi connectivity index (χ3v) is 3.61. The Morgan fingerprint density at radius 1 is 1.42 bits per heavy atom. The molecule has 26 heavy (non-hydrogen) atoms. The maximum atomic E-state index is 13.5. The molecule has 0 radical (unpaired) electrons. The van der Waals surface area contributed by atoms with Gasteiger partial charge in [0.1, 0.15) is 23.7 Å². The SMILES string of the molecule is Cc1nn(CC(=O)OCC(=O)Nc2cc(Cl)ccc2F)c(C)c1[N+](=O)[O-]. The molecule has 1 aromatic heterocycles. The van der Waals surface area contributed by atoms with Crippen LogP contribution in [0.2, 0.25) is 5.02 Å². The number of carbonyl (C=O) groups is 2. The number of nitrogens with one attached hydrogen (secondary N) is 1. The molecule has 0 fully saturated rings. The molecule has 1 amide bonds. The van der Waals surface area contributed by atoms with Gasteiger partial charge in [0.2, 0.25) is 0 Å². The third kappa shape index (κ3) is 4.54. The van der Waals surface area contributed by atoms with Crippen LogP contribution in [0.25, 0.3) is 0 Å². The fraction of sp³-hybridized carbons (Fsp3) is 0.267. The minimum absolute atomic E-state index is 0.146. The van der Waals surface area contributed by atoms with Gasteiger partial charge in [-0.3, -0.25) is 24.4 Å². The molecule has 1 heterocycles. The van der Waals surface area contributed by atoms with Gasteiger partial charge in [0, 0.05) is 5.02 Å². The van der Waals surface area contributed by atoms with E-state index in [9.17, 15) is 24.1 Å². The summed E-state index contributed by atoms with van der Waals surface area (Å²) in [6, 6.07) is 3.62. The monoisotopic (exact) mass is 384 g/mol. The number of ether oxygens (including phenoxy) is 1. The molecule has 9 nitrogen and oxygen atoms in total. The molecule has 11 heteroatoms. The van der Waals surface area contributed by atoms with E-state index in [-0.39, 0.29) is 27.8 Å². The van der Waals surface area contributed by atoms with Gasteiger partial charge < -0.3 is 10.1 Å². The van der Waals surface area contributed by atoms with E-state index >= 15 is 0 Å². The van der Waals surface area contributed by atoms with Gasteiger partial charge in [0.25, 0.3) is 5.91 Å². The van der Waals surface area contributed by atoms with E-state index in [1.54, 1.807) is 0 Å². The van der Waals surface area contributed by atoms with Crippen LogP contribution in [0.15, 0.2) is 18.2 Å². The lowest BCUT2D eigenvalue weighted by Crippen LogP contribution is -2.24. The Labute approximate surface area is 151 Å². The van der Waals surface area contributed by atoms with Crippen molar-refractivity contribution in [2.24, 2.45) is 0 Å². The van der Waals surface area contributed by atoms with Crippen molar-refractivity contribution in [2.45, 2.75) is 20.4 Å². The third-order valence-electron chi connectivity index (χ3n) is 3.37. The quantitative estimate of drug-likeness (QED) is 0.464. The lowest BCUT2D eigenvalue weighted by atomic mass is 10.3. The molecule has 0 bridgehead atoms. The second-order valence-electron chi connectivity index (χ2n) is 5.27. The molecular formula is C15H14ClFN4O5.